The fourth-order valence-electron chi connectivity index (χ4n) is 2.15. The van der Waals surface area contributed by atoms with Gasteiger partial charge in [0.25, 0.3) is 0 Å². The van der Waals surface area contributed by atoms with Gasteiger partial charge < -0.3 is 10.6 Å². The van der Waals surface area contributed by atoms with Gasteiger partial charge in [-0.15, -0.1) is 0 Å². The van der Waals surface area contributed by atoms with Crippen LogP contribution in [0.5, 0.6) is 0 Å². The van der Waals surface area contributed by atoms with Gasteiger partial charge in [0.1, 0.15) is 0 Å². The summed E-state index contributed by atoms with van der Waals surface area (Å²) in [5, 5.41) is 6.76. The third-order valence-corrected chi connectivity index (χ3v) is 5.35. The summed E-state index contributed by atoms with van der Waals surface area (Å²) in [5.41, 5.74) is 2.09. The Kier molecular flexibility index (Phi) is 4.42. The number of hydrogen-bond donors (Lipinski definition) is 2. The number of benzene rings is 1. The first-order valence-corrected chi connectivity index (χ1v) is 8.50. The molecule has 1 aromatic carbocycles. The van der Waals surface area contributed by atoms with E-state index in [2.05, 4.69) is 10.6 Å². The zero-order valence-electron chi connectivity index (χ0n) is 10.8. The van der Waals surface area contributed by atoms with Gasteiger partial charge in [0.2, 0.25) is 0 Å². The van der Waals surface area contributed by atoms with Gasteiger partial charge in [0.15, 0.2) is 14.9 Å². The lowest BCUT2D eigenvalue weighted by molar-refractivity contribution is 0.574. The van der Waals surface area contributed by atoms with Crippen molar-refractivity contribution >= 4 is 32.9 Å². The number of nitrogens with one attached hydrogen (secondary N) is 2. The van der Waals surface area contributed by atoms with Crippen molar-refractivity contribution in [3.63, 3.8) is 0 Å². The van der Waals surface area contributed by atoms with Gasteiger partial charge in [0.05, 0.1) is 11.5 Å². The van der Waals surface area contributed by atoms with E-state index >= 15 is 0 Å². The molecule has 6 heteroatoms. The molecule has 0 aliphatic carbocycles. The lowest BCUT2D eigenvalue weighted by Crippen LogP contribution is -2.33. The minimum Gasteiger partial charge on any atom is -0.362 e. The Morgan fingerprint density at radius 2 is 2.16 bits per heavy atom. The van der Waals surface area contributed by atoms with Gasteiger partial charge in [-0.3, -0.25) is 0 Å². The molecule has 0 aromatic heterocycles. The first-order chi connectivity index (χ1) is 8.96. The van der Waals surface area contributed by atoms with Crippen LogP contribution in [0.4, 0.5) is 5.69 Å². The highest BCUT2D eigenvalue weighted by Crippen LogP contribution is 2.17. The number of aryl methyl sites for hydroxylation is 1. The van der Waals surface area contributed by atoms with Gasteiger partial charge >= 0.3 is 0 Å². The van der Waals surface area contributed by atoms with E-state index < -0.39 is 9.84 Å². The Morgan fingerprint density at radius 3 is 2.79 bits per heavy atom. The third-order valence-electron chi connectivity index (χ3n) is 3.27. The van der Waals surface area contributed by atoms with Gasteiger partial charge in [-0.25, -0.2) is 8.42 Å². The molecule has 2 rings (SSSR count). The van der Waals surface area contributed by atoms with Crippen molar-refractivity contribution in [1.29, 1.82) is 0 Å². The van der Waals surface area contributed by atoms with Crippen molar-refractivity contribution in [3.8, 4) is 0 Å². The number of sulfone groups is 1. The lowest BCUT2D eigenvalue weighted by Gasteiger charge is -2.14. The maximum absolute atomic E-state index is 11.3. The van der Waals surface area contributed by atoms with Crippen LogP contribution in [-0.2, 0) is 9.84 Å². The Bertz CT molecular complexity index is 570. The number of anilines is 1. The summed E-state index contributed by atoms with van der Waals surface area (Å²) in [6.07, 6.45) is 0.725. The molecule has 104 valence electrons. The molecule has 19 heavy (non-hydrogen) atoms. The van der Waals surface area contributed by atoms with Gasteiger partial charge in [-0.1, -0.05) is 18.2 Å². The van der Waals surface area contributed by atoms with E-state index in [1.165, 1.54) is 0 Å². The Morgan fingerprint density at radius 1 is 1.42 bits per heavy atom. The van der Waals surface area contributed by atoms with Crippen LogP contribution in [-0.4, -0.2) is 31.6 Å². The molecule has 4 nitrogen and oxygen atoms in total. The highest BCUT2D eigenvalue weighted by Gasteiger charge is 2.27. The van der Waals surface area contributed by atoms with E-state index in [4.69, 9.17) is 12.2 Å². The molecule has 1 atom stereocenters. The van der Waals surface area contributed by atoms with Crippen LogP contribution >= 0.6 is 12.2 Å². The van der Waals surface area contributed by atoms with E-state index in [0.29, 0.717) is 17.4 Å². The van der Waals surface area contributed by atoms with E-state index in [-0.39, 0.29) is 11.7 Å². The molecule has 1 aromatic rings. The first kappa shape index (κ1) is 14.3. The predicted molar refractivity (Wildman–Crippen MR) is 82.2 cm³/mol. The summed E-state index contributed by atoms with van der Waals surface area (Å²) in [4.78, 5) is 0. The number of para-hydroxylation sites is 1. The number of thiocarbonyl (C=S) groups is 1. The molecule has 1 saturated heterocycles. The SMILES string of the molecule is Cc1ccccc1NC(=S)NCC1CCS(=O)(=O)C1. The predicted octanol–water partition coefficient (Wildman–Crippen LogP) is 1.72. The van der Waals surface area contributed by atoms with Gasteiger partial charge in [-0.2, -0.15) is 0 Å². The topological polar surface area (TPSA) is 58.2 Å². The second-order valence-corrected chi connectivity index (χ2v) is 7.56. The standard InChI is InChI=1S/C13H18N2O2S2/c1-10-4-2-3-5-12(10)15-13(18)14-8-11-6-7-19(16,17)9-11/h2-5,11H,6-9H2,1H3,(H2,14,15,18). The van der Waals surface area contributed by atoms with E-state index in [0.717, 1.165) is 17.7 Å². The smallest absolute Gasteiger partial charge is 0.170 e. The first-order valence-electron chi connectivity index (χ1n) is 6.27. The normalized spacial score (nSPS) is 21.0. The fraction of sp³-hybridized carbons (Fsp3) is 0.462. The second kappa shape index (κ2) is 5.88. The molecule has 0 saturated carbocycles. The molecule has 1 heterocycles. The van der Waals surface area contributed by atoms with Crippen LogP contribution < -0.4 is 10.6 Å². The van der Waals surface area contributed by atoms with Crippen LogP contribution in [0.1, 0.15) is 12.0 Å². The maximum atomic E-state index is 11.3. The summed E-state index contributed by atoms with van der Waals surface area (Å²) < 4.78 is 22.7. The number of rotatable bonds is 3. The Balaban J connectivity index is 1.81. The van der Waals surface area contributed by atoms with Crippen LogP contribution in [0.2, 0.25) is 0 Å². The minimum atomic E-state index is -2.81. The number of hydrogen-bond acceptors (Lipinski definition) is 3. The third kappa shape index (κ3) is 4.18. The van der Waals surface area contributed by atoms with Crippen LogP contribution in [0.3, 0.4) is 0 Å². The minimum absolute atomic E-state index is 0.168. The Labute approximate surface area is 119 Å². The quantitative estimate of drug-likeness (QED) is 0.832. The van der Waals surface area contributed by atoms with Crippen LogP contribution in [0.15, 0.2) is 24.3 Å². The molecule has 2 N–H and O–H groups in total. The second-order valence-electron chi connectivity index (χ2n) is 4.92. The Hall–Kier alpha value is -1.14. The van der Waals surface area contributed by atoms with Crippen molar-refractivity contribution in [2.75, 3.05) is 23.4 Å². The highest BCUT2D eigenvalue weighted by molar-refractivity contribution is 7.91. The maximum Gasteiger partial charge on any atom is 0.170 e. The molecule has 0 radical (unpaired) electrons. The zero-order valence-corrected chi connectivity index (χ0v) is 12.5. The van der Waals surface area contributed by atoms with Crippen LogP contribution in [0, 0.1) is 12.8 Å². The summed E-state index contributed by atoms with van der Waals surface area (Å²) in [6, 6.07) is 7.89. The summed E-state index contributed by atoms with van der Waals surface area (Å²) in [6.45, 7) is 2.62. The van der Waals surface area contributed by atoms with Crippen molar-refractivity contribution in [3.05, 3.63) is 29.8 Å². The molecular formula is C13H18N2O2S2. The van der Waals surface area contributed by atoms with E-state index in [1.807, 2.05) is 31.2 Å². The average molecular weight is 298 g/mol. The van der Waals surface area contributed by atoms with Crippen molar-refractivity contribution in [2.45, 2.75) is 13.3 Å². The van der Waals surface area contributed by atoms with E-state index in [1.54, 1.807) is 0 Å². The molecular weight excluding hydrogens is 280 g/mol. The van der Waals surface area contributed by atoms with Crippen LogP contribution in [0.25, 0.3) is 0 Å². The molecule has 1 aliphatic rings. The molecule has 0 spiro atoms. The van der Waals surface area contributed by atoms with Gasteiger partial charge in [-0.05, 0) is 43.1 Å². The largest absolute Gasteiger partial charge is 0.362 e. The van der Waals surface area contributed by atoms with Crippen molar-refractivity contribution in [1.82, 2.24) is 5.32 Å². The van der Waals surface area contributed by atoms with Crippen molar-refractivity contribution < 1.29 is 8.42 Å². The molecule has 0 amide bonds. The summed E-state index contributed by atoms with van der Waals surface area (Å²) in [7, 11) is -2.81. The van der Waals surface area contributed by atoms with E-state index in [9.17, 15) is 8.42 Å². The van der Waals surface area contributed by atoms with Gasteiger partial charge in [0, 0.05) is 12.2 Å². The molecule has 0 bridgehead atoms. The molecule has 1 unspecified atom stereocenters. The van der Waals surface area contributed by atoms with Crippen molar-refractivity contribution in [2.24, 2.45) is 5.92 Å². The molecule has 1 aliphatic heterocycles. The summed E-state index contributed by atoms with van der Waals surface area (Å²) in [5.74, 6) is 0.742. The fourth-order valence-corrected chi connectivity index (χ4v) is 4.20. The lowest BCUT2D eigenvalue weighted by atomic mass is 10.1. The average Bonchev–Trinajstić information content (AvgIpc) is 2.69. The molecule has 1 fully saturated rings. The monoisotopic (exact) mass is 298 g/mol. The zero-order chi connectivity index (χ0) is 13.9. The summed E-state index contributed by atoms with van der Waals surface area (Å²) >= 11 is 5.22. The highest BCUT2D eigenvalue weighted by atomic mass is 32.2.